The van der Waals surface area contributed by atoms with Gasteiger partial charge in [0.2, 0.25) is 5.75 Å². The van der Waals surface area contributed by atoms with Crippen molar-refractivity contribution in [1.82, 2.24) is 0 Å². The monoisotopic (exact) mass is 296 g/mol. The van der Waals surface area contributed by atoms with Gasteiger partial charge in [-0.15, -0.1) is 0 Å². The SMILES string of the molecule is COc1c(C(C)=O)c(OCCS)c(OC)c2occc12. The van der Waals surface area contributed by atoms with Gasteiger partial charge in [0, 0.05) is 5.75 Å². The summed E-state index contributed by atoms with van der Waals surface area (Å²) in [5.41, 5.74) is 0.837. The summed E-state index contributed by atoms with van der Waals surface area (Å²) in [5, 5.41) is 0.674. The molecule has 0 unspecified atom stereocenters. The minimum atomic E-state index is -0.169. The van der Waals surface area contributed by atoms with E-state index in [1.54, 1.807) is 6.07 Å². The molecule has 0 spiro atoms. The molecule has 0 fully saturated rings. The Hall–Kier alpha value is -1.82. The lowest BCUT2D eigenvalue weighted by Crippen LogP contribution is -2.08. The van der Waals surface area contributed by atoms with Crippen LogP contribution in [0.2, 0.25) is 0 Å². The summed E-state index contributed by atoms with van der Waals surface area (Å²) in [6, 6.07) is 1.73. The van der Waals surface area contributed by atoms with Crippen LogP contribution in [0.1, 0.15) is 17.3 Å². The van der Waals surface area contributed by atoms with Crippen LogP contribution in [-0.4, -0.2) is 32.4 Å². The second-order valence-electron chi connectivity index (χ2n) is 4.06. The molecule has 0 radical (unpaired) electrons. The standard InChI is InChI=1S/C14H16O5S/c1-8(15)10-11(16-2)9-4-5-18-12(9)14(17-3)13(10)19-6-7-20/h4-5,20H,6-7H2,1-3H3. The molecule has 0 saturated heterocycles. The van der Waals surface area contributed by atoms with Gasteiger partial charge in [0.15, 0.2) is 17.1 Å². The van der Waals surface area contributed by atoms with Crippen molar-refractivity contribution in [2.75, 3.05) is 26.6 Å². The smallest absolute Gasteiger partial charge is 0.205 e. The maximum absolute atomic E-state index is 12.0. The molecule has 6 heteroatoms. The van der Waals surface area contributed by atoms with Crippen molar-refractivity contribution in [2.45, 2.75) is 6.92 Å². The van der Waals surface area contributed by atoms with E-state index in [9.17, 15) is 4.79 Å². The van der Waals surface area contributed by atoms with Gasteiger partial charge in [-0.25, -0.2) is 0 Å². The number of carbonyl (C=O) groups is 1. The average Bonchev–Trinajstić information content (AvgIpc) is 2.91. The molecular formula is C14H16O5S. The molecule has 108 valence electrons. The summed E-state index contributed by atoms with van der Waals surface area (Å²) in [6.07, 6.45) is 1.52. The van der Waals surface area contributed by atoms with E-state index in [1.165, 1.54) is 27.4 Å². The lowest BCUT2D eigenvalue weighted by Gasteiger charge is -2.17. The van der Waals surface area contributed by atoms with Crippen LogP contribution in [0, 0.1) is 0 Å². The van der Waals surface area contributed by atoms with E-state index < -0.39 is 0 Å². The van der Waals surface area contributed by atoms with Crippen LogP contribution in [0.4, 0.5) is 0 Å². The molecule has 0 N–H and O–H groups in total. The molecule has 1 aromatic heterocycles. The second kappa shape index (κ2) is 6.09. The van der Waals surface area contributed by atoms with Crippen molar-refractivity contribution in [3.63, 3.8) is 0 Å². The molecular weight excluding hydrogens is 280 g/mol. The molecule has 0 amide bonds. The van der Waals surface area contributed by atoms with Crippen LogP contribution in [0.3, 0.4) is 0 Å². The Balaban J connectivity index is 2.82. The third-order valence-corrected chi connectivity index (χ3v) is 3.06. The Labute approximate surface area is 122 Å². The number of furan rings is 1. The topological polar surface area (TPSA) is 57.9 Å². The maximum Gasteiger partial charge on any atom is 0.205 e. The fourth-order valence-electron chi connectivity index (χ4n) is 2.12. The molecule has 5 nitrogen and oxygen atoms in total. The quantitative estimate of drug-likeness (QED) is 0.656. The minimum Gasteiger partial charge on any atom is -0.495 e. The summed E-state index contributed by atoms with van der Waals surface area (Å²) in [6.45, 7) is 1.80. The van der Waals surface area contributed by atoms with E-state index in [2.05, 4.69) is 12.6 Å². The molecule has 0 bridgehead atoms. The molecule has 0 aliphatic heterocycles. The molecule has 0 saturated carbocycles. The summed E-state index contributed by atoms with van der Waals surface area (Å²) in [7, 11) is 3.00. The maximum atomic E-state index is 12.0. The Morgan fingerprint density at radius 1 is 1.25 bits per heavy atom. The lowest BCUT2D eigenvalue weighted by atomic mass is 10.0. The molecule has 2 aromatic rings. The molecule has 1 heterocycles. The Kier molecular flexibility index (Phi) is 4.44. The second-order valence-corrected chi connectivity index (χ2v) is 4.51. The van der Waals surface area contributed by atoms with Crippen LogP contribution < -0.4 is 14.2 Å². The lowest BCUT2D eigenvalue weighted by molar-refractivity contribution is 0.101. The van der Waals surface area contributed by atoms with Crippen molar-refractivity contribution in [2.24, 2.45) is 0 Å². The fourth-order valence-corrected chi connectivity index (χ4v) is 2.21. The van der Waals surface area contributed by atoms with Crippen molar-refractivity contribution >= 4 is 29.4 Å². The normalized spacial score (nSPS) is 10.6. The molecule has 0 atom stereocenters. The van der Waals surface area contributed by atoms with Gasteiger partial charge in [-0.1, -0.05) is 0 Å². The van der Waals surface area contributed by atoms with Crippen molar-refractivity contribution in [3.05, 3.63) is 17.9 Å². The van der Waals surface area contributed by atoms with Gasteiger partial charge < -0.3 is 18.6 Å². The van der Waals surface area contributed by atoms with Crippen LogP contribution in [0.25, 0.3) is 11.0 Å². The van der Waals surface area contributed by atoms with Crippen LogP contribution in [0.5, 0.6) is 17.2 Å². The van der Waals surface area contributed by atoms with Crippen molar-refractivity contribution in [1.29, 1.82) is 0 Å². The summed E-state index contributed by atoms with van der Waals surface area (Å²) in [4.78, 5) is 12.0. The first-order valence-corrected chi connectivity index (χ1v) is 6.68. The first-order valence-electron chi connectivity index (χ1n) is 6.05. The Bertz CT molecular complexity index is 632. The number of thiol groups is 1. The van der Waals surface area contributed by atoms with Gasteiger partial charge in [-0.3, -0.25) is 4.79 Å². The summed E-state index contributed by atoms with van der Waals surface area (Å²) in [5.74, 6) is 1.48. The van der Waals surface area contributed by atoms with Crippen molar-refractivity contribution < 1.29 is 23.4 Å². The Morgan fingerprint density at radius 3 is 2.50 bits per heavy atom. The van der Waals surface area contributed by atoms with Crippen LogP contribution in [0.15, 0.2) is 16.7 Å². The number of benzene rings is 1. The highest BCUT2D eigenvalue weighted by molar-refractivity contribution is 7.80. The number of fused-ring (bicyclic) bond motifs is 1. The van der Waals surface area contributed by atoms with Gasteiger partial charge in [0.25, 0.3) is 0 Å². The van der Waals surface area contributed by atoms with E-state index in [1.807, 2.05) is 0 Å². The number of hydrogen-bond acceptors (Lipinski definition) is 6. The number of ketones is 1. The van der Waals surface area contributed by atoms with E-state index in [4.69, 9.17) is 18.6 Å². The molecule has 2 rings (SSSR count). The van der Waals surface area contributed by atoms with E-state index in [-0.39, 0.29) is 5.78 Å². The van der Waals surface area contributed by atoms with Crippen LogP contribution >= 0.6 is 12.6 Å². The zero-order chi connectivity index (χ0) is 14.7. The number of methoxy groups -OCH3 is 2. The molecule has 1 aromatic carbocycles. The van der Waals surface area contributed by atoms with Gasteiger partial charge in [-0.05, 0) is 13.0 Å². The third-order valence-electron chi connectivity index (χ3n) is 2.87. The molecule has 0 aliphatic rings. The van der Waals surface area contributed by atoms with Gasteiger partial charge in [0.1, 0.15) is 11.3 Å². The van der Waals surface area contributed by atoms with Crippen molar-refractivity contribution in [3.8, 4) is 17.2 Å². The highest BCUT2D eigenvalue weighted by atomic mass is 32.1. The highest BCUT2D eigenvalue weighted by Gasteiger charge is 2.26. The number of carbonyl (C=O) groups excluding carboxylic acids is 1. The number of Topliss-reactive ketones (excluding diaryl/α,β-unsaturated/α-hetero) is 1. The highest BCUT2D eigenvalue weighted by Crippen LogP contribution is 2.46. The predicted molar refractivity (Wildman–Crippen MR) is 78.7 cm³/mol. The van der Waals surface area contributed by atoms with Crippen LogP contribution in [-0.2, 0) is 0 Å². The number of hydrogen-bond donors (Lipinski definition) is 1. The van der Waals surface area contributed by atoms with Gasteiger partial charge in [-0.2, -0.15) is 12.6 Å². The minimum absolute atomic E-state index is 0.169. The zero-order valence-electron chi connectivity index (χ0n) is 11.6. The Morgan fingerprint density at radius 2 is 1.95 bits per heavy atom. The number of ether oxygens (including phenoxy) is 3. The van der Waals surface area contributed by atoms with E-state index >= 15 is 0 Å². The largest absolute Gasteiger partial charge is 0.495 e. The molecule has 20 heavy (non-hydrogen) atoms. The van der Waals surface area contributed by atoms with E-state index in [0.717, 1.165) is 0 Å². The first kappa shape index (κ1) is 14.6. The van der Waals surface area contributed by atoms with Gasteiger partial charge >= 0.3 is 0 Å². The summed E-state index contributed by atoms with van der Waals surface area (Å²) < 4.78 is 21.8. The first-order chi connectivity index (χ1) is 9.65. The van der Waals surface area contributed by atoms with Gasteiger partial charge in [0.05, 0.1) is 32.5 Å². The third kappa shape index (κ3) is 2.31. The zero-order valence-corrected chi connectivity index (χ0v) is 12.5. The summed E-state index contributed by atoms with van der Waals surface area (Å²) >= 11 is 4.11. The molecule has 0 aliphatic carbocycles. The predicted octanol–water partition coefficient (Wildman–Crippen LogP) is 2.96. The number of rotatable bonds is 6. The van der Waals surface area contributed by atoms with E-state index in [0.29, 0.717) is 46.1 Å². The average molecular weight is 296 g/mol. The fraction of sp³-hybridized carbons (Fsp3) is 0.357.